The molecule has 3 heteroatoms. The van der Waals surface area contributed by atoms with Gasteiger partial charge in [-0.2, -0.15) is 0 Å². The fourth-order valence-electron chi connectivity index (χ4n) is 1.69. The Kier molecular flexibility index (Phi) is 3.27. The van der Waals surface area contributed by atoms with E-state index in [0.29, 0.717) is 18.8 Å². The number of halogens is 1. The topological polar surface area (TPSA) is 21.6 Å². The number of allylic oxidation sites excluding steroid dienone is 1. The van der Waals surface area contributed by atoms with Crippen molar-refractivity contribution in [1.29, 1.82) is 0 Å². The van der Waals surface area contributed by atoms with E-state index in [1.54, 1.807) is 6.07 Å². The molecule has 2 rings (SSSR count). The molecule has 0 N–H and O–H groups in total. The third kappa shape index (κ3) is 2.09. The van der Waals surface area contributed by atoms with Gasteiger partial charge >= 0.3 is 0 Å². The van der Waals surface area contributed by atoms with E-state index in [0.717, 1.165) is 11.1 Å². The Hall–Kier alpha value is -1.74. The summed E-state index contributed by atoms with van der Waals surface area (Å²) in [6.45, 7) is 4.46. The van der Waals surface area contributed by atoms with Crippen molar-refractivity contribution in [3.63, 3.8) is 0 Å². The van der Waals surface area contributed by atoms with Gasteiger partial charge in [-0.05, 0) is 17.2 Å². The van der Waals surface area contributed by atoms with Crippen LogP contribution in [0.4, 0.5) is 4.39 Å². The summed E-state index contributed by atoms with van der Waals surface area (Å²) in [6, 6.07) is 5.54. The maximum Gasteiger partial charge on any atom is 0.132 e. The Morgan fingerprint density at radius 1 is 1.44 bits per heavy atom. The van der Waals surface area contributed by atoms with Crippen molar-refractivity contribution < 1.29 is 9.13 Å². The summed E-state index contributed by atoms with van der Waals surface area (Å²) in [5.74, 6) is -0.298. The maximum atomic E-state index is 13.8. The molecule has 0 amide bonds. The molecule has 0 spiro atoms. The van der Waals surface area contributed by atoms with Crippen LogP contribution >= 0.6 is 0 Å². The Labute approximate surface area is 93.8 Å². The number of hydrogen-bond donors (Lipinski definition) is 0. The number of nitrogens with zero attached hydrogens (tertiary/aromatic N) is 1. The van der Waals surface area contributed by atoms with E-state index in [4.69, 9.17) is 4.74 Å². The summed E-state index contributed by atoms with van der Waals surface area (Å²) in [4.78, 5) is 3.72. The molecule has 0 bridgehead atoms. The monoisotopic (exact) mass is 217 g/mol. The Morgan fingerprint density at radius 3 is 3.12 bits per heavy atom. The zero-order valence-electron chi connectivity index (χ0n) is 8.82. The molecular formula is C13H12FNO. The quantitative estimate of drug-likeness (QED) is 0.712. The normalized spacial score (nSPS) is 15.4. The lowest BCUT2D eigenvalue weighted by Crippen LogP contribution is -1.90. The Morgan fingerprint density at radius 2 is 2.31 bits per heavy atom. The first kappa shape index (κ1) is 10.8. The molecule has 1 heterocycles. The van der Waals surface area contributed by atoms with Gasteiger partial charge in [0.2, 0.25) is 0 Å². The lowest BCUT2D eigenvalue weighted by atomic mass is 10.0. The summed E-state index contributed by atoms with van der Waals surface area (Å²) in [6.07, 6.45) is 4.08. The molecule has 0 atom stereocenters. The predicted molar refractivity (Wildman–Crippen MR) is 62.7 cm³/mol. The van der Waals surface area contributed by atoms with Gasteiger partial charge in [0.25, 0.3) is 0 Å². The van der Waals surface area contributed by atoms with Crippen LogP contribution in [0.2, 0.25) is 0 Å². The first-order valence-corrected chi connectivity index (χ1v) is 5.01. The summed E-state index contributed by atoms with van der Waals surface area (Å²) in [7, 11) is 0. The van der Waals surface area contributed by atoms with Crippen molar-refractivity contribution in [2.45, 2.75) is 13.2 Å². The summed E-state index contributed by atoms with van der Waals surface area (Å²) in [5, 5.41) is 0. The zero-order valence-corrected chi connectivity index (χ0v) is 8.82. The molecule has 1 aromatic carbocycles. The first-order chi connectivity index (χ1) is 7.83. The molecule has 0 radical (unpaired) electrons. The highest BCUT2D eigenvalue weighted by Crippen LogP contribution is 2.28. The minimum atomic E-state index is -0.298. The highest BCUT2D eigenvalue weighted by molar-refractivity contribution is 5.83. The van der Waals surface area contributed by atoms with Crippen molar-refractivity contribution >= 4 is 12.0 Å². The standard InChI is InChI=1S/C13H12FNO/c1-2-15-7-6-13(14)11-5-3-4-10-8-16-9-12(10)11/h2-7H,1,8-9H2/b13-6-,15-7?. The van der Waals surface area contributed by atoms with Gasteiger partial charge in [0.05, 0.1) is 13.2 Å². The molecule has 1 aliphatic heterocycles. The van der Waals surface area contributed by atoms with Gasteiger partial charge in [-0.3, -0.25) is 4.99 Å². The average molecular weight is 217 g/mol. The lowest BCUT2D eigenvalue weighted by molar-refractivity contribution is 0.134. The molecule has 82 valence electrons. The van der Waals surface area contributed by atoms with E-state index in [-0.39, 0.29) is 5.83 Å². The number of rotatable bonds is 3. The Balaban J connectivity index is 2.34. The first-order valence-electron chi connectivity index (χ1n) is 5.01. The number of benzene rings is 1. The van der Waals surface area contributed by atoms with Crippen LogP contribution in [-0.4, -0.2) is 6.21 Å². The molecular weight excluding hydrogens is 205 g/mol. The minimum absolute atomic E-state index is 0.298. The van der Waals surface area contributed by atoms with Gasteiger partial charge in [0, 0.05) is 18.0 Å². The van der Waals surface area contributed by atoms with Gasteiger partial charge in [-0.1, -0.05) is 24.8 Å². The van der Waals surface area contributed by atoms with E-state index < -0.39 is 0 Å². The summed E-state index contributed by atoms with van der Waals surface area (Å²) >= 11 is 0. The number of ether oxygens (including phenoxy) is 1. The molecule has 2 nitrogen and oxygen atoms in total. The molecule has 16 heavy (non-hydrogen) atoms. The second kappa shape index (κ2) is 4.86. The van der Waals surface area contributed by atoms with Crippen LogP contribution in [0.15, 0.2) is 42.0 Å². The molecule has 0 saturated heterocycles. The third-order valence-electron chi connectivity index (χ3n) is 2.45. The molecule has 0 aliphatic carbocycles. The third-order valence-corrected chi connectivity index (χ3v) is 2.45. The van der Waals surface area contributed by atoms with Gasteiger partial charge in [-0.15, -0.1) is 0 Å². The lowest BCUT2D eigenvalue weighted by Gasteiger charge is -2.03. The smallest absolute Gasteiger partial charge is 0.132 e. The molecule has 0 saturated carbocycles. The van der Waals surface area contributed by atoms with Crippen LogP contribution in [0.3, 0.4) is 0 Å². The van der Waals surface area contributed by atoms with Crippen molar-refractivity contribution in [3.05, 3.63) is 53.7 Å². The van der Waals surface area contributed by atoms with Crippen LogP contribution in [0.1, 0.15) is 16.7 Å². The molecule has 1 aromatic rings. The maximum absolute atomic E-state index is 13.8. The van der Waals surface area contributed by atoms with Gasteiger partial charge in [0.15, 0.2) is 0 Å². The fraction of sp³-hybridized carbons (Fsp3) is 0.154. The number of hydrogen-bond acceptors (Lipinski definition) is 2. The van der Waals surface area contributed by atoms with E-state index >= 15 is 0 Å². The Bertz CT molecular complexity index is 463. The van der Waals surface area contributed by atoms with Crippen molar-refractivity contribution in [2.75, 3.05) is 0 Å². The van der Waals surface area contributed by atoms with Gasteiger partial charge < -0.3 is 4.74 Å². The minimum Gasteiger partial charge on any atom is -0.372 e. The van der Waals surface area contributed by atoms with Crippen LogP contribution in [0.5, 0.6) is 0 Å². The summed E-state index contributed by atoms with van der Waals surface area (Å²) in [5.41, 5.74) is 2.58. The van der Waals surface area contributed by atoms with E-state index in [1.807, 2.05) is 12.1 Å². The van der Waals surface area contributed by atoms with Crippen LogP contribution in [0, 0.1) is 0 Å². The van der Waals surface area contributed by atoms with E-state index in [9.17, 15) is 4.39 Å². The van der Waals surface area contributed by atoms with Gasteiger partial charge in [-0.25, -0.2) is 4.39 Å². The summed E-state index contributed by atoms with van der Waals surface area (Å²) < 4.78 is 19.1. The largest absolute Gasteiger partial charge is 0.372 e. The molecule has 1 aliphatic rings. The highest BCUT2D eigenvalue weighted by Gasteiger charge is 2.16. The highest BCUT2D eigenvalue weighted by atomic mass is 19.1. The van der Waals surface area contributed by atoms with Crippen LogP contribution in [0.25, 0.3) is 5.83 Å². The molecule has 0 fully saturated rings. The predicted octanol–water partition coefficient (Wildman–Crippen LogP) is 3.24. The number of fused-ring (bicyclic) bond motifs is 1. The average Bonchev–Trinajstić information content (AvgIpc) is 2.76. The van der Waals surface area contributed by atoms with Crippen LogP contribution in [-0.2, 0) is 18.0 Å². The van der Waals surface area contributed by atoms with Crippen molar-refractivity contribution in [2.24, 2.45) is 4.99 Å². The number of aliphatic imine (C=N–C) groups is 1. The van der Waals surface area contributed by atoms with Gasteiger partial charge in [0.1, 0.15) is 5.83 Å². The fourth-order valence-corrected chi connectivity index (χ4v) is 1.69. The zero-order chi connectivity index (χ0) is 11.4. The second-order valence-corrected chi connectivity index (χ2v) is 3.43. The van der Waals surface area contributed by atoms with E-state index in [1.165, 1.54) is 18.5 Å². The van der Waals surface area contributed by atoms with E-state index in [2.05, 4.69) is 11.6 Å². The van der Waals surface area contributed by atoms with Crippen LogP contribution < -0.4 is 0 Å². The van der Waals surface area contributed by atoms with Crippen molar-refractivity contribution in [3.8, 4) is 0 Å². The second-order valence-electron chi connectivity index (χ2n) is 3.43. The van der Waals surface area contributed by atoms with Crippen molar-refractivity contribution in [1.82, 2.24) is 0 Å². The molecule has 0 unspecified atom stereocenters. The SMILES string of the molecule is C=CN=C/C=C(\F)c1cccc2c1COC2. The molecule has 0 aromatic heterocycles.